The van der Waals surface area contributed by atoms with Crippen LogP contribution in [0.4, 0.5) is 0 Å². The third-order valence-electron chi connectivity index (χ3n) is 2.36. The first-order valence-electron chi connectivity index (χ1n) is 4.07. The number of hydrogen-bond acceptors (Lipinski definition) is 3. The van der Waals surface area contributed by atoms with Gasteiger partial charge in [0.25, 0.3) is 0 Å². The maximum Gasteiger partial charge on any atom is 0.116 e. The van der Waals surface area contributed by atoms with Gasteiger partial charge in [0.15, 0.2) is 0 Å². The van der Waals surface area contributed by atoms with Crippen LogP contribution in [0.15, 0.2) is 11.4 Å². The second-order valence-corrected chi connectivity index (χ2v) is 4.34. The van der Waals surface area contributed by atoms with Gasteiger partial charge in [-0.05, 0) is 23.9 Å². The van der Waals surface area contributed by atoms with Crippen LogP contribution in [0.1, 0.15) is 16.9 Å². The normalized spacial score (nSPS) is 29.5. The van der Waals surface area contributed by atoms with E-state index in [4.69, 9.17) is 4.74 Å². The fraction of sp³-hybridized carbons (Fsp3) is 0.556. The van der Waals surface area contributed by atoms with Crippen LogP contribution in [-0.4, -0.2) is 18.3 Å². The lowest BCUT2D eigenvalue weighted by Gasteiger charge is -2.20. The Morgan fingerprint density at radius 2 is 2.50 bits per heavy atom. The summed E-state index contributed by atoms with van der Waals surface area (Å²) in [5, 5.41) is 12.1. The Hall–Kier alpha value is -0.380. The standard InChI is InChI=1S/C9H12O2S/c1-7-8(2-5-12-7)9(10)3-4-11-6-9/h2,5,10H,3-4,6H2,1H3. The van der Waals surface area contributed by atoms with E-state index in [0.717, 1.165) is 12.0 Å². The summed E-state index contributed by atoms with van der Waals surface area (Å²) in [6.45, 7) is 3.16. The largest absolute Gasteiger partial charge is 0.383 e. The van der Waals surface area contributed by atoms with Crippen molar-refractivity contribution in [1.29, 1.82) is 0 Å². The summed E-state index contributed by atoms with van der Waals surface area (Å²) in [4.78, 5) is 1.20. The highest BCUT2D eigenvalue weighted by atomic mass is 32.1. The molecule has 1 saturated heterocycles. The minimum Gasteiger partial charge on any atom is -0.383 e. The average Bonchev–Trinajstić information content (AvgIpc) is 2.59. The highest BCUT2D eigenvalue weighted by molar-refractivity contribution is 7.10. The Morgan fingerprint density at radius 3 is 3.00 bits per heavy atom. The Balaban J connectivity index is 2.34. The number of aliphatic hydroxyl groups is 1. The maximum atomic E-state index is 10.1. The van der Waals surface area contributed by atoms with E-state index in [0.29, 0.717) is 13.2 Å². The SMILES string of the molecule is Cc1sccc1C1(O)CCOC1. The molecule has 0 aromatic carbocycles. The number of aryl methyl sites for hydroxylation is 1. The fourth-order valence-electron chi connectivity index (χ4n) is 1.63. The second-order valence-electron chi connectivity index (χ2n) is 3.22. The van der Waals surface area contributed by atoms with Crippen LogP contribution in [0.5, 0.6) is 0 Å². The molecule has 2 nitrogen and oxygen atoms in total. The average molecular weight is 184 g/mol. The van der Waals surface area contributed by atoms with Crippen LogP contribution in [0.25, 0.3) is 0 Å². The third-order valence-corrected chi connectivity index (χ3v) is 3.21. The quantitative estimate of drug-likeness (QED) is 0.719. The zero-order chi connectivity index (χ0) is 8.60. The molecule has 0 aliphatic carbocycles. The summed E-state index contributed by atoms with van der Waals surface area (Å²) < 4.78 is 5.19. The number of ether oxygens (including phenoxy) is 1. The highest BCUT2D eigenvalue weighted by Crippen LogP contribution is 2.34. The predicted octanol–water partition coefficient (Wildman–Crippen LogP) is 1.66. The van der Waals surface area contributed by atoms with Crippen molar-refractivity contribution < 1.29 is 9.84 Å². The van der Waals surface area contributed by atoms with Crippen molar-refractivity contribution in [3.8, 4) is 0 Å². The second kappa shape index (κ2) is 2.83. The lowest BCUT2D eigenvalue weighted by molar-refractivity contribution is 0.0231. The first kappa shape index (κ1) is 8.23. The molecule has 0 amide bonds. The molecule has 1 aliphatic heterocycles. The van der Waals surface area contributed by atoms with Crippen LogP contribution < -0.4 is 0 Å². The van der Waals surface area contributed by atoms with E-state index < -0.39 is 5.60 Å². The monoisotopic (exact) mass is 184 g/mol. The predicted molar refractivity (Wildman–Crippen MR) is 48.4 cm³/mol. The molecule has 2 heterocycles. The Bertz CT molecular complexity index is 274. The number of hydrogen-bond donors (Lipinski definition) is 1. The van der Waals surface area contributed by atoms with Crippen LogP contribution in [0, 0.1) is 6.92 Å². The molecule has 1 fully saturated rings. The van der Waals surface area contributed by atoms with Gasteiger partial charge in [-0.2, -0.15) is 0 Å². The van der Waals surface area contributed by atoms with Crippen molar-refractivity contribution >= 4 is 11.3 Å². The van der Waals surface area contributed by atoms with Crippen molar-refractivity contribution in [3.05, 3.63) is 21.9 Å². The van der Waals surface area contributed by atoms with Gasteiger partial charge in [0.05, 0.1) is 6.61 Å². The van der Waals surface area contributed by atoms with Crippen LogP contribution in [0.2, 0.25) is 0 Å². The van der Waals surface area contributed by atoms with Gasteiger partial charge < -0.3 is 9.84 Å². The number of rotatable bonds is 1. The van der Waals surface area contributed by atoms with Gasteiger partial charge in [-0.25, -0.2) is 0 Å². The van der Waals surface area contributed by atoms with E-state index in [1.807, 2.05) is 18.4 Å². The van der Waals surface area contributed by atoms with Gasteiger partial charge in [0, 0.05) is 17.9 Å². The molecule has 3 heteroatoms. The molecule has 1 N–H and O–H groups in total. The first-order chi connectivity index (χ1) is 5.72. The van der Waals surface area contributed by atoms with E-state index in [1.54, 1.807) is 11.3 Å². The van der Waals surface area contributed by atoms with E-state index in [2.05, 4.69) is 0 Å². The van der Waals surface area contributed by atoms with Gasteiger partial charge in [-0.15, -0.1) is 11.3 Å². The molecule has 66 valence electrons. The van der Waals surface area contributed by atoms with Crippen molar-refractivity contribution in [2.24, 2.45) is 0 Å². The lowest BCUT2D eigenvalue weighted by Crippen LogP contribution is -2.25. The molecule has 0 bridgehead atoms. The Kier molecular flexibility index (Phi) is 1.94. The zero-order valence-electron chi connectivity index (χ0n) is 7.04. The van der Waals surface area contributed by atoms with Crippen molar-refractivity contribution in [2.45, 2.75) is 18.9 Å². The van der Waals surface area contributed by atoms with Gasteiger partial charge in [0.1, 0.15) is 5.60 Å². The molecule has 1 atom stereocenters. The molecule has 0 spiro atoms. The van der Waals surface area contributed by atoms with Gasteiger partial charge in [0.2, 0.25) is 0 Å². The number of thiophene rings is 1. The molecule has 12 heavy (non-hydrogen) atoms. The third kappa shape index (κ3) is 1.18. The molecule has 0 radical (unpaired) electrons. The molecule has 1 aliphatic rings. The summed E-state index contributed by atoms with van der Waals surface area (Å²) in [5.74, 6) is 0. The van der Waals surface area contributed by atoms with Crippen molar-refractivity contribution in [2.75, 3.05) is 13.2 Å². The van der Waals surface area contributed by atoms with Gasteiger partial charge in [-0.1, -0.05) is 0 Å². The van der Waals surface area contributed by atoms with Crippen LogP contribution in [0.3, 0.4) is 0 Å². The van der Waals surface area contributed by atoms with Crippen LogP contribution in [-0.2, 0) is 10.3 Å². The Morgan fingerprint density at radius 1 is 1.67 bits per heavy atom. The zero-order valence-corrected chi connectivity index (χ0v) is 7.86. The molecule has 0 saturated carbocycles. The summed E-state index contributed by atoms with van der Waals surface area (Å²) >= 11 is 1.67. The molecular formula is C9H12O2S. The van der Waals surface area contributed by atoms with Crippen molar-refractivity contribution in [3.63, 3.8) is 0 Å². The molecular weight excluding hydrogens is 172 g/mol. The lowest BCUT2D eigenvalue weighted by atomic mass is 9.94. The Labute approximate surface area is 75.8 Å². The van der Waals surface area contributed by atoms with Crippen molar-refractivity contribution in [1.82, 2.24) is 0 Å². The van der Waals surface area contributed by atoms with E-state index in [-0.39, 0.29) is 0 Å². The van der Waals surface area contributed by atoms with E-state index >= 15 is 0 Å². The molecule has 1 aromatic heterocycles. The van der Waals surface area contributed by atoms with E-state index in [9.17, 15) is 5.11 Å². The summed E-state index contributed by atoms with van der Waals surface area (Å²) in [7, 11) is 0. The van der Waals surface area contributed by atoms with Gasteiger partial charge in [-0.3, -0.25) is 0 Å². The highest BCUT2D eigenvalue weighted by Gasteiger charge is 2.35. The fourth-order valence-corrected chi connectivity index (χ4v) is 2.43. The van der Waals surface area contributed by atoms with Crippen LogP contribution >= 0.6 is 11.3 Å². The van der Waals surface area contributed by atoms with Gasteiger partial charge >= 0.3 is 0 Å². The smallest absolute Gasteiger partial charge is 0.116 e. The summed E-state index contributed by atoms with van der Waals surface area (Å²) in [6, 6.07) is 1.99. The molecule has 2 rings (SSSR count). The topological polar surface area (TPSA) is 29.5 Å². The minimum atomic E-state index is -0.704. The molecule has 1 unspecified atom stereocenters. The molecule has 1 aromatic rings. The maximum absolute atomic E-state index is 10.1. The van der Waals surface area contributed by atoms with E-state index in [1.165, 1.54) is 4.88 Å². The summed E-state index contributed by atoms with van der Waals surface area (Å²) in [5.41, 5.74) is 0.342. The minimum absolute atomic E-state index is 0.449. The summed E-state index contributed by atoms with van der Waals surface area (Å²) in [6.07, 6.45) is 0.727. The first-order valence-corrected chi connectivity index (χ1v) is 4.95.